The zero-order valence-electron chi connectivity index (χ0n) is 10.9. The van der Waals surface area contributed by atoms with Crippen molar-refractivity contribution in [3.8, 4) is 0 Å². The molecule has 0 aliphatic heterocycles. The third kappa shape index (κ3) is 9.33. The van der Waals surface area contributed by atoms with Gasteiger partial charge in [0.1, 0.15) is 0 Å². The summed E-state index contributed by atoms with van der Waals surface area (Å²) in [7, 11) is -3.69. The van der Waals surface area contributed by atoms with Gasteiger partial charge in [-0.1, -0.05) is 33.1 Å². The summed E-state index contributed by atoms with van der Waals surface area (Å²) in [6.07, 6.45) is 4.46. The lowest BCUT2D eigenvalue weighted by atomic mass is 10.3. The molecule has 0 heterocycles. The SMILES string of the molecule is CCCCCOP(=O)(OCCCC)OC(C)=O. The molecule has 0 aromatic rings. The summed E-state index contributed by atoms with van der Waals surface area (Å²) in [5, 5.41) is 0. The van der Waals surface area contributed by atoms with Gasteiger partial charge in [-0.15, -0.1) is 0 Å². The molecule has 0 aromatic heterocycles. The van der Waals surface area contributed by atoms with E-state index in [-0.39, 0.29) is 13.2 Å². The van der Waals surface area contributed by atoms with Crippen LogP contribution in [0.1, 0.15) is 52.9 Å². The summed E-state index contributed by atoms with van der Waals surface area (Å²) in [6, 6.07) is 0. The monoisotopic (exact) mass is 266 g/mol. The molecular weight excluding hydrogens is 243 g/mol. The maximum absolute atomic E-state index is 12.0. The van der Waals surface area contributed by atoms with Gasteiger partial charge < -0.3 is 4.52 Å². The second-order valence-corrected chi connectivity index (χ2v) is 5.35. The van der Waals surface area contributed by atoms with E-state index in [0.717, 1.165) is 32.1 Å². The van der Waals surface area contributed by atoms with E-state index in [1.807, 2.05) is 6.92 Å². The fraction of sp³-hybridized carbons (Fsp3) is 0.909. The van der Waals surface area contributed by atoms with Crippen molar-refractivity contribution < 1.29 is 22.9 Å². The molecule has 0 bridgehead atoms. The van der Waals surface area contributed by atoms with Gasteiger partial charge in [0.15, 0.2) is 0 Å². The smallest absolute Gasteiger partial charge is 0.371 e. The topological polar surface area (TPSA) is 61.8 Å². The largest absolute Gasteiger partial charge is 0.532 e. The van der Waals surface area contributed by atoms with Crippen LogP contribution in [-0.2, 0) is 22.9 Å². The highest BCUT2D eigenvalue weighted by atomic mass is 31.2. The fourth-order valence-electron chi connectivity index (χ4n) is 1.10. The predicted octanol–water partition coefficient (Wildman–Crippen LogP) is 3.68. The second kappa shape index (κ2) is 9.63. The Balaban J connectivity index is 4.09. The normalized spacial score (nSPS) is 14.3. The molecule has 0 spiro atoms. The number of carbonyl (C=O) groups is 1. The van der Waals surface area contributed by atoms with Gasteiger partial charge >= 0.3 is 13.8 Å². The lowest BCUT2D eigenvalue weighted by molar-refractivity contribution is -0.133. The Morgan fingerprint density at radius 2 is 1.53 bits per heavy atom. The minimum absolute atomic E-state index is 0.273. The van der Waals surface area contributed by atoms with Gasteiger partial charge in [-0.25, -0.2) is 4.57 Å². The maximum atomic E-state index is 12.0. The zero-order chi connectivity index (χ0) is 13.1. The van der Waals surface area contributed by atoms with Crippen LogP contribution in [0.4, 0.5) is 0 Å². The summed E-state index contributed by atoms with van der Waals surface area (Å²) in [5.74, 6) is -0.652. The van der Waals surface area contributed by atoms with E-state index in [1.54, 1.807) is 0 Å². The van der Waals surface area contributed by atoms with E-state index >= 15 is 0 Å². The van der Waals surface area contributed by atoms with Crippen LogP contribution in [0, 0.1) is 0 Å². The summed E-state index contributed by atoms with van der Waals surface area (Å²) < 4.78 is 26.7. The first kappa shape index (κ1) is 16.6. The number of phosphoric acid groups is 1. The molecule has 0 saturated heterocycles. The molecule has 102 valence electrons. The van der Waals surface area contributed by atoms with Crippen LogP contribution in [0.3, 0.4) is 0 Å². The predicted molar refractivity (Wildman–Crippen MR) is 65.7 cm³/mol. The van der Waals surface area contributed by atoms with Crippen molar-refractivity contribution in [2.24, 2.45) is 0 Å². The van der Waals surface area contributed by atoms with Crippen molar-refractivity contribution in [2.45, 2.75) is 52.9 Å². The second-order valence-electron chi connectivity index (χ2n) is 3.76. The van der Waals surface area contributed by atoms with Crippen LogP contribution in [-0.4, -0.2) is 19.2 Å². The van der Waals surface area contributed by atoms with Gasteiger partial charge in [0.2, 0.25) is 0 Å². The van der Waals surface area contributed by atoms with Gasteiger partial charge in [0.25, 0.3) is 0 Å². The lowest BCUT2D eigenvalue weighted by Gasteiger charge is -2.16. The van der Waals surface area contributed by atoms with Gasteiger partial charge in [-0.3, -0.25) is 13.8 Å². The van der Waals surface area contributed by atoms with E-state index in [1.165, 1.54) is 6.92 Å². The zero-order valence-corrected chi connectivity index (χ0v) is 11.8. The van der Waals surface area contributed by atoms with Crippen LogP contribution in [0.2, 0.25) is 0 Å². The van der Waals surface area contributed by atoms with E-state index in [4.69, 9.17) is 9.05 Å². The summed E-state index contributed by atoms with van der Waals surface area (Å²) in [5.41, 5.74) is 0. The van der Waals surface area contributed by atoms with E-state index in [2.05, 4.69) is 11.4 Å². The molecule has 1 atom stereocenters. The van der Waals surface area contributed by atoms with Crippen molar-refractivity contribution in [1.29, 1.82) is 0 Å². The Kier molecular flexibility index (Phi) is 9.41. The highest BCUT2D eigenvalue weighted by Gasteiger charge is 2.29. The number of unbranched alkanes of at least 4 members (excludes halogenated alkanes) is 3. The number of phosphoric ester groups is 1. The van der Waals surface area contributed by atoms with Crippen molar-refractivity contribution in [1.82, 2.24) is 0 Å². The molecule has 6 heteroatoms. The Labute approximate surface area is 103 Å². The summed E-state index contributed by atoms with van der Waals surface area (Å²) in [4.78, 5) is 10.8. The summed E-state index contributed by atoms with van der Waals surface area (Å²) >= 11 is 0. The highest BCUT2D eigenvalue weighted by Crippen LogP contribution is 2.49. The van der Waals surface area contributed by atoms with Crippen LogP contribution >= 0.6 is 7.82 Å². The number of hydrogen-bond acceptors (Lipinski definition) is 5. The Bertz CT molecular complexity index is 254. The molecule has 0 saturated carbocycles. The van der Waals surface area contributed by atoms with Crippen molar-refractivity contribution in [3.63, 3.8) is 0 Å². The minimum Gasteiger partial charge on any atom is -0.371 e. The van der Waals surface area contributed by atoms with E-state index in [9.17, 15) is 9.36 Å². The molecule has 5 nitrogen and oxygen atoms in total. The molecule has 0 radical (unpaired) electrons. The maximum Gasteiger partial charge on any atom is 0.532 e. The first-order valence-electron chi connectivity index (χ1n) is 6.13. The average molecular weight is 266 g/mol. The fourth-order valence-corrected chi connectivity index (χ4v) is 2.30. The first-order chi connectivity index (χ1) is 8.04. The lowest BCUT2D eigenvalue weighted by Crippen LogP contribution is -2.05. The summed E-state index contributed by atoms with van der Waals surface area (Å²) in [6.45, 7) is 5.79. The Hall–Kier alpha value is -0.380. The Morgan fingerprint density at radius 3 is 2.00 bits per heavy atom. The van der Waals surface area contributed by atoms with Crippen molar-refractivity contribution >= 4 is 13.8 Å². The molecule has 1 unspecified atom stereocenters. The number of rotatable bonds is 10. The standard InChI is InChI=1S/C11H23O5P/c1-4-6-8-10-15-17(13,16-11(3)12)14-9-7-5-2/h4-10H2,1-3H3. The molecule has 0 aliphatic rings. The molecule has 17 heavy (non-hydrogen) atoms. The number of hydrogen-bond donors (Lipinski definition) is 0. The molecular formula is C11H23O5P. The van der Waals surface area contributed by atoms with Crippen LogP contribution < -0.4 is 0 Å². The van der Waals surface area contributed by atoms with E-state index < -0.39 is 13.8 Å². The van der Waals surface area contributed by atoms with Crippen LogP contribution in [0.5, 0.6) is 0 Å². The van der Waals surface area contributed by atoms with Gasteiger partial charge in [-0.05, 0) is 12.8 Å². The Morgan fingerprint density at radius 1 is 1.00 bits per heavy atom. The highest BCUT2D eigenvalue weighted by molar-refractivity contribution is 7.49. The molecule has 0 amide bonds. The first-order valence-corrected chi connectivity index (χ1v) is 7.59. The van der Waals surface area contributed by atoms with Crippen LogP contribution in [0.15, 0.2) is 0 Å². The third-order valence-corrected chi connectivity index (χ3v) is 3.46. The van der Waals surface area contributed by atoms with Crippen molar-refractivity contribution in [2.75, 3.05) is 13.2 Å². The molecule has 0 N–H and O–H groups in total. The minimum atomic E-state index is -3.69. The van der Waals surface area contributed by atoms with Crippen LogP contribution in [0.25, 0.3) is 0 Å². The average Bonchev–Trinajstić information content (AvgIpc) is 2.24. The van der Waals surface area contributed by atoms with Gasteiger partial charge in [-0.2, -0.15) is 0 Å². The van der Waals surface area contributed by atoms with Crippen molar-refractivity contribution in [3.05, 3.63) is 0 Å². The number of carbonyl (C=O) groups excluding carboxylic acids is 1. The molecule has 0 aromatic carbocycles. The third-order valence-electron chi connectivity index (χ3n) is 1.98. The quantitative estimate of drug-likeness (QED) is 0.446. The molecule has 0 rings (SSSR count). The van der Waals surface area contributed by atoms with E-state index in [0.29, 0.717) is 0 Å². The molecule has 0 aliphatic carbocycles. The van der Waals surface area contributed by atoms with Gasteiger partial charge in [0, 0.05) is 6.92 Å². The van der Waals surface area contributed by atoms with Gasteiger partial charge in [0.05, 0.1) is 13.2 Å². The molecule has 0 fully saturated rings.